The van der Waals surface area contributed by atoms with E-state index in [1.54, 1.807) is 6.07 Å². The van der Waals surface area contributed by atoms with Crippen molar-refractivity contribution in [2.45, 2.75) is 45.6 Å². The van der Waals surface area contributed by atoms with Gasteiger partial charge in [0.1, 0.15) is 18.1 Å². The summed E-state index contributed by atoms with van der Waals surface area (Å²) in [5.74, 6) is -0.395. The Kier molecular flexibility index (Phi) is 6.18. The van der Waals surface area contributed by atoms with Gasteiger partial charge >= 0.3 is 0 Å². The lowest BCUT2D eigenvalue weighted by molar-refractivity contribution is 0.287. The largest absolute Gasteiger partial charge is 0.486 e. The van der Waals surface area contributed by atoms with Crippen LogP contribution in [0, 0.1) is 11.6 Å². The van der Waals surface area contributed by atoms with Crippen LogP contribution in [0.2, 0.25) is 0 Å². The predicted octanol–water partition coefficient (Wildman–Crippen LogP) is 6.09. The van der Waals surface area contributed by atoms with E-state index < -0.39 is 11.6 Å². The molecule has 6 rings (SSSR count). The van der Waals surface area contributed by atoms with Crippen LogP contribution in [0.5, 0.6) is 5.75 Å². The summed E-state index contributed by atoms with van der Waals surface area (Å²) in [6, 6.07) is 9.50. The van der Waals surface area contributed by atoms with Gasteiger partial charge in [-0.3, -0.25) is 0 Å². The Labute approximate surface area is 215 Å². The Balaban J connectivity index is 1.33. The van der Waals surface area contributed by atoms with Gasteiger partial charge in [-0.1, -0.05) is 6.07 Å². The average molecular weight is 504 g/mol. The number of piperidine rings is 1. The SMILES string of the molecule is CC(C)N1CCOc2c(F)cc(-c3nc(Cc4ccc5[nH]cc(N6CCCCC6)c5c4)ncc3F)cc21. The van der Waals surface area contributed by atoms with Gasteiger partial charge in [-0.15, -0.1) is 0 Å². The third-order valence-corrected chi connectivity index (χ3v) is 7.39. The molecule has 0 spiro atoms. The van der Waals surface area contributed by atoms with Crippen molar-refractivity contribution >= 4 is 22.3 Å². The van der Waals surface area contributed by atoms with Crippen LogP contribution >= 0.6 is 0 Å². The zero-order valence-corrected chi connectivity index (χ0v) is 21.2. The monoisotopic (exact) mass is 503 g/mol. The van der Waals surface area contributed by atoms with Crippen molar-refractivity contribution in [3.63, 3.8) is 0 Å². The molecule has 37 heavy (non-hydrogen) atoms. The van der Waals surface area contributed by atoms with E-state index in [1.807, 2.05) is 19.9 Å². The van der Waals surface area contributed by atoms with Crippen LogP contribution in [0.3, 0.4) is 0 Å². The molecule has 4 aromatic rings. The number of anilines is 2. The van der Waals surface area contributed by atoms with Crippen molar-refractivity contribution in [3.05, 3.63) is 65.7 Å². The number of hydrogen-bond donors (Lipinski definition) is 1. The van der Waals surface area contributed by atoms with E-state index in [4.69, 9.17) is 4.74 Å². The first-order chi connectivity index (χ1) is 18.0. The number of halogens is 2. The van der Waals surface area contributed by atoms with Gasteiger partial charge in [-0.25, -0.2) is 18.7 Å². The van der Waals surface area contributed by atoms with E-state index >= 15 is 4.39 Å². The van der Waals surface area contributed by atoms with Crippen LogP contribution in [-0.2, 0) is 6.42 Å². The molecule has 0 unspecified atom stereocenters. The number of nitrogens with one attached hydrogen (secondary N) is 1. The van der Waals surface area contributed by atoms with Crippen LogP contribution < -0.4 is 14.5 Å². The van der Waals surface area contributed by atoms with Crippen LogP contribution in [0.25, 0.3) is 22.2 Å². The number of benzene rings is 2. The summed E-state index contributed by atoms with van der Waals surface area (Å²) in [6.07, 6.45) is 7.42. The maximum absolute atomic E-state index is 15.0. The number of ether oxygens (including phenoxy) is 1. The number of fused-ring (bicyclic) bond motifs is 2. The molecule has 8 heteroatoms. The van der Waals surface area contributed by atoms with Gasteiger partial charge in [0.2, 0.25) is 0 Å². The first-order valence-corrected chi connectivity index (χ1v) is 13.1. The fraction of sp³-hybridized carbons (Fsp3) is 0.379. The number of nitrogens with zero attached hydrogens (tertiary/aromatic N) is 4. The van der Waals surface area contributed by atoms with E-state index in [9.17, 15) is 4.39 Å². The normalized spacial score (nSPS) is 15.8. The van der Waals surface area contributed by atoms with Gasteiger partial charge in [0.15, 0.2) is 17.4 Å². The number of H-pyrrole nitrogens is 1. The molecule has 1 fully saturated rings. The summed E-state index contributed by atoms with van der Waals surface area (Å²) in [5, 5.41) is 1.17. The highest BCUT2D eigenvalue weighted by Gasteiger charge is 2.26. The maximum atomic E-state index is 15.0. The zero-order valence-electron chi connectivity index (χ0n) is 21.2. The van der Waals surface area contributed by atoms with E-state index in [0.29, 0.717) is 36.6 Å². The van der Waals surface area contributed by atoms with Crippen molar-refractivity contribution in [3.8, 4) is 17.0 Å². The second-order valence-electron chi connectivity index (χ2n) is 10.2. The third kappa shape index (κ3) is 4.49. The number of aromatic amines is 1. The van der Waals surface area contributed by atoms with Gasteiger partial charge in [0.25, 0.3) is 0 Å². The molecule has 0 bridgehead atoms. The van der Waals surface area contributed by atoms with Crippen molar-refractivity contribution in [2.75, 3.05) is 36.0 Å². The minimum Gasteiger partial charge on any atom is -0.486 e. The summed E-state index contributed by atoms with van der Waals surface area (Å²) >= 11 is 0. The molecular weight excluding hydrogens is 472 g/mol. The average Bonchev–Trinajstić information content (AvgIpc) is 3.33. The predicted molar refractivity (Wildman–Crippen MR) is 143 cm³/mol. The molecule has 1 saturated heterocycles. The summed E-state index contributed by atoms with van der Waals surface area (Å²) in [6.45, 7) is 7.28. The molecule has 0 aliphatic carbocycles. The molecule has 0 saturated carbocycles. The fourth-order valence-corrected chi connectivity index (χ4v) is 5.51. The van der Waals surface area contributed by atoms with E-state index in [-0.39, 0.29) is 17.5 Å². The van der Waals surface area contributed by atoms with Crippen molar-refractivity contribution in [1.29, 1.82) is 0 Å². The van der Waals surface area contributed by atoms with Gasteiger partial charge in [0.05, 0.1) is 24.1 Å². The lowest BCUT2D eigenvalue weighted by atomic mass is 10.1. The minimum atomic E-state index is -0.579. The van der Waals surface area contributed by atoms with Crippen molar-refractivity contribution < 1.29 is 13.5 Å². The first kappa shape index (κ1) is 23.7. The molecule has 1 N–H and O–H groups in total. The van der Waals surface area contributed by atoms with Crippen LogP contribution in [0.1, 0.15) is 44.5 Å². The highest BCUT2D eigenvalue weighted by atomic mass is 19.1. The summed E-state index contributed by atoms with van der Waals surface area (Å²) in [7, 11) is 0. The highest BCUT2D eigenvalue weighted by molar-refractivity contribution is 5.93. The van der Waals surface area contributed by atoms with Gasteiger partial charge < -0.3 is 19.5 Å². The Bertz CT molecular complexity index is 1440. The van der Waals surface area contributed by atoms with E-state index in [0.717, 1.165) is 24.2 Å². The van der Waals surface area contributed by atoms with Crippen LogP contribution in [-0.4, -0.2) is 47.2 Å². The Morgan fingerprint density at radius 1 is 1.00 bits per heavy atom. The Morgan fingerprint density at radius 2 is 1.84 bits per heavy atom. The third-order valence-electron chi connectivity index (χ3n) is 7.39. The molecule has 2 aliphatic heterocycles. The Hall–Kier alpha value is -3.68. The van der Waals surface area contributed by atoms with Gasteiger partial charge in [-0.2, -0.15) is 0 Å². The standard InChI is InChI=1S/C29H31F2N5O/c1-18(2)36-10-11-37-29-22(30)14-20(15-25(29)36)28-23(31)16-33-27(34-28)13-19-6-7-24-21(12-19)26(17-32-24)35-8-4-3-5-9-35/h6-7,12,14-18,32H,3-5,8-11,13H2,1-2H3. The van der Waals surface area contributed by atoms with E-state index in [2.05, 4.69) is 43.1 Å². The lowest BCUT2D eigenvalue weighted by Crippen LogP contribution is -2.38. The molecule has 2 aliphatic rings. The molecule has 0 amide bonds. The number of aromatic nitrogens is 3. The highest BCUT2D eigenvalue weighted by Crippen LogP contribution is 2.39. The summed E-state index contributed by atoms with van der Waals surface area (Å²) in [4.78, 5) is 16.7. The molecule has 0 atom stereocenters. The topological polar surface area (TPSA) is 57.3 Å². The van der Waals surface area contributed by atoms with E-state index in [1.165, 1.54) is 42.6 Å². The fourth-order valence-electron chi connectivity index (χ4n) is 5.51. The molecule has 2 aromatic heterocycles. The maximum Gasteiger partial charge on any atom is 0.178 e. The van der Waals surface area contributed by atoms with Gasteiger partial charge in [-0.05, 0) is 62.9 Å². The summed E-state index contributed by atoms with van der Waals surface area (Å²) < 4.78 is 35.5. The zero-order chi connectivity index (χ0) is 25.5. The molecular formula is C29H31F2N5O. The number of rotatable bonds is 5. The first-order valence-electron chi connectivity index (χ1n) is 13.1. The molecule has 0 radical (unpaired) electrons. The molecule has 2 aromatic carbocycles. The quantitative estimate of drug-likeness (QED) is 0.357. The van der Waals surface area contributed by atoms with Crippen LogP contribution in [0.4, 0.5) is 20.2 Å². The second-order valence-corrected chi connectivity index (χ2v) is 10.2. The number of hydrogen-bond acceptors (Lipinski definition) is 5. The Morgan fingerprint density at radius 3 is 2.65 bits per heavy atom. The van der Waals surface area contributed by atoms with Crippen molar-refractivity contribution in [2.24, 2.45) is 0 Å². The van der Waals surface area contributed by atoms with Crippen molar-refractivity contribution in [1.82, 2.24) is 15.0 Å². The smallest absolute Gasteiger partial charge is 0.178 e. The minimum absolute atomic E-state index is 0.0951. The lowest BCUT2D eigenvalue weighted by Gasteiger charge is -2.34. The molecule has 6 nitrogen and oxygen atoms in total. The molecule has 192 valence electrons. The second kappa shape index (κ2) is 9.65. The molecule has 4 heterocycles. The van der Waals surface area contributed by atoms with Crippen LogP contribution in [0.15, 0.2) is 42.7 Å². The van der Waals surface area contributed by atoms with Gasteiger partial charge in [0, 0.05) is 48.2 Å². The summed E-state index contributed by atoms with van der Waals surface area (Å²) in [5.41, 5.74) is 4.45.